The maximum atomic E-state index is 10.3. The number of carboxylic acids is 1. The van der Waals surface area contributed by atoms with E-state index >= 15 is 0 Å². The average Bonchev–Trinajstić information content (AvgIpc) is 2.65. The molecule has 1 aromatic heterocycles. The lowest BCUT2D eigenvalue weighted by Gasteiger charge is -1.98. The molecule has 1 aromatic carbocycles. The van der Waals surface area contributed by atoms with E-state index in [0.29, 0.717) is 16.5 Å². The number of furan rings is 1. The Balaban J connectivity index is 2.52. The molecule has 76 valence electrons. The standard InChI is InChI=1S/C11H8O4/c12-10(13)4-2-7-1-3-9-8(11(7)14)5-6-15-9/h1-6,14H,(H,12,13)/b4-2+. The summed E-state index contributed by atoms with van der Waals surface area (Å²) in [5, 5.41) is 18.8. The first-order valence-electron chi connectivity index (χ1n) is 4.28. The van der Waals surface area contributed by atoms with E-state index in [0.717, 1.165) is 6.08 Å². The van der Waals surface area contributed by atoms with E-state index < -0.39 is 5.97 Å². The van der Waals surface area contributed by atoms with E-state index in [1.54, 1.807) is 18.2 Å². The first-order chi connectivity index (χ1) is 7.18. The van der Waals surface area contributed by atoms with Gasteiger partial charge in [0, 0.05) is 11.6 Å². The van der Waals surface area contributed by atoms with E-state index in [9.17, 15) is 9.90 Å². The van der Waals surface area contributed by atoms with Crippen molar-refractivity contribution in [1.29, 1.82) is 0 Å². The first kappa shape index (κ1) is 9.33. The summed E-state index contributed by atoms with van der Waals surface area (Å²) >= 11 is 0. The molecule has 0 bridgehead atoms. The van der Waals surface area contributed by atoms with Gasteiger partial charge in [0.1, 0.15) is 11.3 Å². The number of hydrogen-bond acceptors (Lipinski definition) is 3. The fraction of sp³-hybridized carbons (Fsp3) is 0. The zero-order valence-electron chi connectivity index (χ0n) is 7.68. The molecule has 15 heavy (non-hydrogen) atoms. The van der Waals surface area contributed by atoms with Crippen LogP contribution in [-0.2, 0) is 4.79 Å². The molecule has 0 saturated carbocycles. The van der Waals surface area contributed by atoms with Gasteiger partial charge in [0.2, 0.25) is 0 Å². The molecule has 0 fully saturated rings. The highest BCUT2D eigenvalue weighted by molar-refractivity contribution is 5.91. The smallest absolute Gasteiger partial charge is 0.328 e. The predicted octanol–water partition coefficient (Wildman–Crippen LogP) is 2.24. The Bertz CT molecular complexity index is 537. The van der Waals surface area contributed by atoms with Crippen LogP contribution in [0.15, 0.2) is 35.0 Å². The van der Waals surface area contributed by atoms with Crippen molar-refractivity contribution in [1.82, 2.24) is 0 Å². The third-order valence-electron chi connectivity index (χ3n) is 2.04. The minimum absolute atomic E-state index is 0.0266. The summed E-state index contributed by atoms with van der Waals surface area (Å²) in [7, 11) is 0. The van der Waals surface area contributed by atoms with Gasteiger partial charge < -0.3 is 14.6 Å². The number of rotatable bonds is 2. The van der Waals surface area contributed by atoms with Crippen LogP contribution in [0.2, 0.25) is 0 Å². The van der Waals surface area contributed by atoms with Crippen LogP contribution in [0.3, 0.4) is 0 Å². The van der Waals surface area contributed by atoms with Gasteiger partial charge in [0.25, 0.3) is 0 Å². The van der Waals surface area contributed by atoms with Gasteiger partial charge in [-0.3, -0.25) is 0 Å². The third kappa shape index (κ3) is 1.69. The molecule has 2 N–H and O–H groups in total. The van der Waals surface area contributed by atoms with Crippen molar-refractivity contribution in [2.24, 2.45) is 0 Å². The van der Waals surface area contributed by atoms with Crippen molar-refractivity contribution in [3.8, 4) is 5.75 Å². The largest absolute Gasteiger partial charge is 0.507 e. The molecule has 0 aliphatic heterocycles. The van der Waals surface area contributed by atoms with Gasteiger partial charge >= 0.3 is 5.97 Å². The Hall–Kier alpha value is -2.23. The molecule has 1 heterocycles. The first-order valence-corrected chi connectivity index (χ1v) is 4.28. The number of carboxylic acid groups (broad SMARTS) is 1. The predicted molar refractivity (Wildman–Crippen MR) is 54.5 cm³/mol. The Morgan fingerprint density at radius 1 is 1.33 bits per heavy atom. The molecule has 0 unspecified atom stereocenters. The number of phenolic OH excluding ortho intramolecular Hbond substituents is 1. The van der Waals surface area contributed by atoms with Gasteiger partial charge in [0.05, 0.1) is 11.6 Å². The minimum Gasteiger partial charge on any atom is -0.507 e. The Kier molecular flexibility index (Phi) is 2.17. The Labute approximate surface area is 85.1 Å². The zero-order chi connectivity index (χ0) is 10.8. The number of carbonyl (C=O) groups is 1. The number of aliphatic carboxylic acids is 1. The lowest BCUT2D eigenvalue weighted by atomic mass is 10.1. The molecule has 2 rings (SSSR count). The van der Waals surface area contributed by atoms with Crippen molar-refractivity contribution in [3.05, 3.63) is 36.1 Å². The fourth-order valence-electron chi connectivity index (χ4n) is 1.34. The van der Waals surface area contributed by atoms with Gasteiger partial charge in [-0.05, 0) is 24.3 Å². The molecule has 0 radical (unpaired) electrons. The van der Waals surface area contributed by atoms with Gasteiger partial charge in [0.15, 0.2) is 0 Å². The van der Waals surface area contributed by atoms with Crippen LogP contribution in [0.1, 0.15) is 5.56 Å². The molecule has 0 aliphatic rings. The van der Waals surface area contributed by atoms with Gasteiger partial charge in [-0.15, -0.1) is 0 Å². The summed E-state index contributed by atoms with van der Waals surface area (Å²) in [5.74, 6) is -1.03. The highest BCUT2D eigenvalue weighted by Crippen LogP contribution is 2.30. The fourth-order valence-corrected chi connectivity index (χ4v) is 1.34. The van der Waals surface area contributed by atoms with Crippen LogP contribution in [0, 0.1) is 0 Å². The molecule has 0 saturated heterocycles. The normalized spacial score (nSPS) is 11.2. The van der Waals surface area contributed by atoms with E-state index in [-0.39, 0.29) is 5.75 Å². The van der Waals surface area contributed by atoms with E-state index in [4.69, 9.17) is 9.52 Å². The number of phenols is 1. The molecular formula is C11H8O4. The SMILES string of the molecule is O=C(O)/C=C/c1ccc2occc2c1O. The monoisotopic (exact) mass is 204 g/mol. The van der Waals surface area contributed by atoms with Crippen molar-refractivity contribution < 1.29 is 19.4 Å². The van der Waals surface area contributed by atoms with E-state index in [2.05, 4.69) is 0 Å². The van der Waals surface area contributed by atoms with Crippen LogP contribution in [0.25, 0.3) is 17.0 Å². The maximum absolute atomic E-state index is 10.3. The molecule has 0 spiro atoms. The molecule has 4 heteroatoms. The summed E-state index contributed by atoms with van der Waals surface area (Å²) in [5.41, 5.74) is 1.02. The van der Waals surface area contributed by atoms with E-state index in [1.165, 1.54) is 12.3 Å². The quantitative estimate of drug-likeness (QED) is 0.736. The summed E-state index contributed by atoms with van der Waals surface area (Å²) < 4.78 is 5.08. The number of hydrogen-bond donors (Lipinski definition) is 2. The minimum atomic E-state index is -1.05. The van der Waals surface area contributed by atoms with Gasteiger partial charge in [-0.25, -0.2) is 4.79 Å². The van der Waals surface area contributed by atoms with Crippen LogP contribution >= 0.6 is 0 Å². The topological polar surface area (TPSA) is 70.7 Å². The Morgan fingerprint density at radius 2 is 2.13 bits per heavy atom. The second-order valence-electron chi connectivity index (χ2n) is 3.01. The maximum Gasteiger partial charge on any atom is 0.328 e. The summed E-state index contributed by atoms with van der Waals surface area (Å²) in [6, 6.07) is 4.90. The summed E-state index contributed by atoms with van der Waals surface area (Å²) in [6.07, 6.45) is 3.78. The molecule has 0 atom stereocenters. The molecular weight excluding hydrogens is 196 g/mol. The molecule has 4 nitrogen and oxygen atoms in total. The van der Waals surface area contributed by atoms with Crippen molar-refractivity contribution in [2.45, 2.75) is 0 Å². The summed E-state index contributed by atoms with van der Waals surface area (Å²) in [4.78, 5) is 10.3. The number of benzene rings is 1. The van der Waals surface area contributed by atoms with Crippen LogP contribution in [0.5, 0.6) is 5.75 Å². The van der Waals surface area contributed by atoms with Crippen LogP contribution in [0.4, 0.5) is 0 Å². The lowest BCUT2D eigenvalue weighted by Crippen LogP contribution is -1.85. The number of fused-ring (bicyclic) bond motifs is 1. The van der Waals surface area contributed by atoms with Crippen molar-refractivity contribution in [2.75, 3.05) is 0 Å². The molecule has 0 aliphatic carbocycles. The van der Waals surface area contributed by atoms with Crippen molar-refractivity contribution >= 4 is 23.0 Å². The van der Waals surface area contributed by atoms with Crippen LogP contribution < -0.4 is 0 Å². The highest BCUT2D eigenvalue weighted by Gasteiger charge is 2.06. The number of aromatic hydroxyl groups is 1. The Morgan fingerprint density at radius 3 is 2.87 bits per heavy atom. The lowest BCUT2D eigenvalue weighted by molar-refractivity contribution is -0.131. The van der Waals surface area contributed by atoms with E-state index in [1.807, 2.05) is 0 Å². The highest BCUT2D eigenvalue weighted by atomic mass is 16.4. The average molecular weight is 204 g/mol. The van der Waals surface area contributed by atoms with Crippen molar-refractivity contribution in [3.63, 3.8) is 0 Å². The molecule has 2 aromatic rings. The van der Waals surface area contributed by atoms with Gasteiger partial charge in [-0.2, -0.15) is 0 Å². The third-order valence-corrected chi connectivity index (χ3v) is 2.04. The zero-order valence-corrected chi connectivity index (χ0v) is 7.68. The van der Waals surface area contributed by atoms with Gasteiger partial charge in [-0.1, -0.05) is 0 Å². The second kappa shape index (κ2) is 3.49. The van der Waals surface area contributed by atoms with Crippen LogP contribution in [-0.4, -0.2) is 16.2 Å². The second-order valence-corrected chi connectivity index (χ2v) is 3.01. The summed E-state index contributed by atoms with van der Waals surface area (Å²) in [6.45, 7) is 0. The molecule has 0 amide bonds.